The van der Waals surface area contributed by atoms with E-state index in [1.54, 1.807) is 13.2 Å². The molecule has 0 radical (unpaired) electrons. The lowest BCUT2D eigenvalue weighted by atomic mass is 10.7. The van der Waals surface area contributed by atoms with Crippen molar-refractivity contribution in [2.24, 2.45) is 0 Å². The van der Waals surface area contributed by atoms with E-state index in [4.69, 9.17) is 12.2 Å². The Morgan fingerprint density at radius 2 is 2.60 bits per heavy atom. The van der Waals surface area contributed by atoms with Gasteiger partial charge in [-0.25, -0.2) is 0 Å². The Morgan fingerprint density at radius 1 is 1.80 bits per heavy atom. The van der Waals surface area contributed by atoms with Gasteiger partial charge in [0.2, 0.25) is 0 Å². The second kappa shape index (κ2) is 3.11. The second-order valence-corrected chi connectivity index (χ2v) is 1.97. The van der Waals surface area contributed by atoms with Crippen molar-refractivity contribution in [3.05, 3.63) is 6.20 Å². The van der Waals surface area contributed by atoms with Gasteiger partial charge in [0.15, 0.2) is 10.9 Å². The van der Waals surface area contributed by atoms with Crippen molar-refractivity contribution >= 4 is 23.1 Å². The second-order valence-electron chi connectivity index (χ2n) is 1.56. The first-order valence-electron chi connectivity index (χ1n) is 2.67. The largest absolute Gasteiger partial charge is 0.365 e. The van der Waals surface area contributed by atoms with E-state index >= 15 is 0 Å². The molecule has 0 aliphatic carbocycles. The summed E-state index contributed by atoms with van der Waals surface area (Å²) in [5.41, 5.74) is 0. The Morgan fingerprint density at radius 3 is 3.10 bits per heavy atom. The lowest BCUT2D eigenvalue weighted by Gasteiger charge is -2.00. The maximum absolute atomic E-state index is 4.80. The van der Waals surface area contributed by atoms with Gasteiger partial charge in [0.25, 0.3) is 0 Å². The van der Waals surface area contributed by atoms with E-state index < -0.39 is 0 Å². The summed E-state index contributed by atoms with van der Waals surface area (Å²) >= 11 is 4.80. The number of nitrogens with one attached hydrogen (secondary N) is 3. The number of hydrogen-bond donors (Lipinski definition) is 3. The highest BCUT2D eigenvalue weighted by Gasteiger charge is 1.94. The molecule has 0 saturated carbocycles. The maximum Gasteiger partial charge on any atom is 0.174 e. The number of aromatic nitrogens is 3. The zero-order chi connectivity index (χ0) is 7.40. The maximum atomic E-state index is 4.80. The average Bonchev–Trinajstić information content (AvgIpc) is 2.40. The van der Waals surface area contributed by atoms with Crippen molar-refractivity contribution in [3.8, 4) is 0 Å². The van der Waals surface area contributed by atoms with Crippen LogP contribution < -0.4 is 10.6 Å². The van der Waals surface area contributed by atoms with Gasteiger partial charge in [-0.15, -0.1) is 5.10 Å². The summed E-state index contributed by atoms with van der Waals surface area (Å²) < 4.78 is 0. The first kappa shape index (κ1) is 6.94. The summed E-state index contributed by atoms with van der Waals surface area (Å²) in [4.78, 5) is 0. The van der Waals surface area contributed by atoms with Crippen LogP contribution in [-0.4, -0.2) is 27.6 Å². The molecule has 1 heterocycles. The first-order valence-corrected chi connectivity index (χ1v) is 3.08. The standard InChI is InChI=1S/C4H7N5S/c1-5-4(10)7-3-2-6-9-8-3/h2H,1H3,(H3,5,6,7,8,9,10). The van der Waals surface area contributed by atoms with Crippen LogP contribution in [0.1, 0.15) is 0 Å². The van der Waals surface area contributed by atoms with Crippen LogP contribution in [0.3, 0.4) is 0 Å². The van der Waals surface area contributed by atoms with Gasteiger partial charge in [-0.2, -0.15) is 10.3 Å². The van der Waals surface area contributed by atoms with Gasteiger partial charge >= 0.3 is 0 Å². The SMILES string of the molecule is CNC(=S)Nc1cn[nH]n1. The van der Waals surface area contributed by atoms with E-state index in [1.165, 1.54) is 0 Å². The lowest BCUT2D eigenvalue weighted by molar-refractivity contribution is 0.942. The summed E-state index contributed by atoms with van der Waals surface area (Å²) in [7, 11) is 1.73. The van der Waals surface area contributed by atoms with E-state index in [1.807, 2.05) is 0 Å². The summed E-state index contributed by atoms with van der Waals surface area (Å²) in [6.45, 7) is 0. The van der Waals surface area contributed by atoms with Crippen LogP contribution in [0, 0.1) is 0 Å². The molecule has 0 unspecified atom stereocenters. The smallest absolute Gasteiger partial charge is 0.174 e. The first-order chi connectivity index (χ1) is 4.83. The van der Waals surface area contributed by atoms with Crippen molar-refractivity contribution < 1.29 is 0 Å². The van der Waals surface area contributed by atoms with Crippen LogP contribution in [0.2, 0.25) is 0 Å². The Labute approximate surface area is 63.2 Å². The van der Waals surface area contributed by atoms with Crippen LogP contribution in [-0.2, 0) is 0 Å². The van der Waals surface area contributed by atoms with Gasteiger partial charge in [0.1, 0.15) is 0 Å². The number of hydrogen-bond acceptors (Lipinski definition) is 3. The summed E-state index contributed by atoms with van der Waals surface area (Å²) in [5.74, 6) is 0.611. The molecule has 3 N–H and O–H groups in total. The van der Waals surface area contributed by atoms with Crippen molar-refractivity contribution in [2.75, 3.05) is 12.4 Å². The monoisotopic (exact) mass is 157 g/mol. The highest BCUT2D eigenvalue weighted by molar-refractivity contribution is 7.80. The molecular formula is C4H7N5S. The molecule has 6 heteroatoms. The Hall–Kier alpha value is -1.17. The highest BCUT2D eigenvalue weighted by Crippen LogP contribution is 1.93. The van der Waals surface area contributed by atoms with Crippen LogP contribution >= 0.6 is 12.2 Å². The third kappa shape index (κ3) is 1.66. The fourth-order valence-electron chi connectivity index (χ4n) is 0.441. The number of thiocarbonyl (C=S) groups is 1. The lowest BCUT2D eigenvalue weighted by Crippen LogP contribution is -2.24. The molecule has 0 aliphatic heterocycles. The number of aromatic amines is 1. The molecule has 0 atom stereocenters. The van der Waals surface area contributed by atoms with Gasteiger partial charge in [0, 0.05) is 7.05 Å². The van der Waals surface area contributed by atoms with Gasteiger partial charge in [-0.05, 0) is 12.2 Å². The molecule has 0 spiro atoms. The van der Waals surface area contributed by atoms with Crippen molar-refractivity contribution in [3.63, 3.8) is 0 Å². The predicted octanol–water partition coefficient (Wildman–Crippen LogP) is -0.279. The van der Waals surface area contributed by atoms with Gasteiger partial charge < -0.3 is 10.6 Å². The molecular weight excluding hydrogens is 150 g/mol. The van der Waals surface area contributed by atoms with Crippen LogP contribution in [0.5, 0.6) is 0 Å². The van der Waals surface area contributed by atoms with Crippen LogP contribution in [0.15, 0.2) is 6.20 Å². The van der Waals surface area contributed by atoms with E-state index in [2.05, 4.69) is 26.0 Å². The zero-order valence-corrected chi connectivity index (χ0v) is 6.20. The Bertz CT molecular complexity index is 205. The van der Waals surface area contributed by atoms with Crippen molar-refractivity contribution in [1.29, 1.82) is 0 Å². The summed E-state index contributed by atoms with van der Waals surface area (Å²) in [6.07, 6.45) is 1.55. The molecule has 0 saturated heterocycles. The van der Waals surface area contributed by atoms with E-state index in [-0.39, 0.29) is 0 Å². The van der Waals surface area contributed by atoms with Gasteiger partial charge in [-0.3, -0.25) is 0 Å². The zero-order valence-electron chi connectivity index (χ0n) is 5.38. The molecule has 5 nitrogen and oxygen atoms in total. The normalized spacial score (nSPS) is 8.90. The minimum atomic E-state index is 0.522. The van der Waals surface area contributed by atoms with E-state index in [0.29, 0.717) is 10.9 Å². The quantitative estimate of drug-likeness (QED) is 0.489. The summed E-state index contributed by atoms with van der Waals surface area (Å²) in [6, 6.07) is 0. The summed E-state index contributed by atoms with van der Waals surface area (Å²) in [5, 5.41) is 15.8. The van der Waals surface area contributed by atoms with Gasteiger partial charge in [-0.1, -0.05) is 0 Å². The average molecular weight is 157 g/mol. The van der Waals surface area contributed by atoms with Crippen molar-refractivity contribution in [2.45, 2.75) is 0 Å². The Balaban J connectivity index is 2.48. The van der Waals surface area contributed by atoms with Crippen molar-refractivity contribution in [1.82, 2.24) is 20.7 Å². The van der Waals surface area contributed by atoms with Crippen LogP contribution in [0.25, 0.3) is 0 Å². The highest BCUT2D eigenvalue weighted by atomic mass is 32.1. The molecule has 1 aromatic rings. The van der Waals surface area contributed by atoms with E-state index in [0.717, 1.165) is 0 Å². The fourth-order valence-corrected chi connectivity index (χ4v) is 0.545. The molecule has 1 aromatic heterocycles. The topological polar surface area (TPSA) is 65.6 Å². The third-order valence-corrected chi connectivity index (χ3v) is 1.19. The molecule has 54 valence electrons. The molecule has 1 rings (SSSR count). The third-order valence-electron chi connectivity index (χ3n) is 0.884. The van der Waals surface area contributed by atoms with Gasteiger partial charge in [0.05, 0.1) is 6.20 Å². The molecule has 10 heavy (non-hydrogen) atoms. The minimum absolute atomic E-state index is 0.522. The number of anilines is 1. The number of rotatable bonds is 1. The number of nitrogens with zero attached hydrogens (tertiary/aromatic N) is 2. The molecule has 0 bridgehead atoms. The molecule has 0 aliphatic rings. The molecule has 0 aromatic carbocycles. The van der Waals surface area contributed by atoms with Crippen LogP contribution in [0.4, 0.5) is 5.82 Å². The predicted molar refractivity (Wildman–Crippen MR) is 41.7 cm³/mol. The molecule has 0 amide bonds. The fraction of sp³-hybridized carbons (Fsp3) is 0.250. The molecule has 0 fully saturated rings. The Kier molecular flexibility index (Phi) is 2.16. The minimum Gasteiger partial charge on any atom is -0.365 e. The van der Waals surface area contributed by atoms with E-state index in [9.17, 15) is 0 Å². The number of H-pyrrole nitrogens is 1.